The van der Waals surface area contributed by atoms with Gasteiger partial charge in [-0.05, 0) is 44.8 Å². The maximum atomic E-state index is 5.66. The van der Waals surface area contributed by atoms with Gasteiger partial charge in [-0.1, -0.05) is 13.8 Å². The Morgan fingerprint density at radius 2 is 2.07 bits per heavy atom. The molecule has 1 aliphatic heterocycles. The minimum Gasteiger partial charge on any atom is -0.377 e. The zero-order valence-electron chi connectivity index (χ0n) is 10.2. The molecule has 0 aliphatic carbocycles. The van der Waals surface area contributed by atoms with E-state index < -0.39 is 0 Å². The van der Waals surface area contributed by atoms with Gasteiger partial charge in [-0.15, -0.1) is 0 Å². The zero-order chi connectivity index (χ0) is 10.9. The second kappa shape index (κ2) is 8.08. The van der Waals surface area contributed by atoms with Crippen LogP contribution in [0.25, 0.3) is 0 Å². The van der Waals surface area contributed by atoms with Crippen molar-refractivity contribution >= 4 is 0 Å². The molecule has 0 aromatic heterocycles. The van der Waals surface area contributed by atoms with Gasteiger partial charge >= 0.3 is 0 Å². The molecule has 0 spiro atoms. The molecular weight excluding hydrogens is 188 g/mol. The van der Waals surface area contributed by atoms with E-state index in [1.54, 1.807) is 0 Å². The molecule has 0 bridgehead atoms. The third-order valence-corrected chi connectivity index (χ3v) is 2.88. The summed E-state index contributed by atoms with van der Waals surface area (Å²) in [6, 6.07) is 0. The summed E-state index contributed by atoms with van der Waals surface area (Å²) >= 11 is 0. The van der Waals surface area contributed by atoms with Gasteiger partial charge in [0.25, 0.3) is 0 Å². The predicted octanol–water partition coefficient (Wildman–Crippen LogP) is 1.39. The molecule has 2 atom stereocenters. The molecule has 0 aromatic carbocycles. The van der Waals surface area contributed by atoms with Crippen LogP contribution in [0.1, 0.15) is 33.1 Å². The van der Waals surface area contributed by atoms with Crippen LogP contribution in [-0.2, 0) is 4.74 Å². The van der Waals surface area contributed by atoms with E-state index in [2.05, 4.69) is 24.5 Å². The van der Waals surface area contributed by atoms with Gasteiger partial charge in [0.15, 0.2) is 0 Å². The first-order valence-electron chi connectivity index (χ1n) is 6.36. The first kappa shape index (κ1) is 12.9. The van der Waals surface area contributed by atoms with Crippen molar-refractivity contribution in [1.82, 2.24) is 10.6 Å². The fourth-order valence-electron chi connectivity index (χ4n) is 1.92. The topological polar surface area (TPSA) is 33.3 Å². The molecule has 1 fully saturated rings. The smallest absolute Gasteiger partial charge is 0.0699 e. The van der Waals surface area contributed by atoms with Crippen LogP contribution in [0.3, 0.4) is 0 Å². The average Bonchev–Trinajstić information content (AvgIpc) is 2.28. The number of hydrogen-bond acceptors (Lipinski definition) is 3. The van der Waals surface area contributed by atoms with Crippen LogP contribution in [0.15, 0.2) is 0 Å². The monoisotopic (exact) mass is 214 g/mol. The summed E-state index contributed by atoms with van der Waals surface area (Å²) in [7, 11) is 0. The molecule has 90 valence electrons. The van der Waals surface area contributed by atoms with Gasteiger partial charge in [-0.25, -0.2) is 0 Å². The molecule has 1 aliphatic rings. The van der Waals surface area contributed by atoms with Crippen LogP contribution in [0, 0.1) is 5.92 Å². The molecule has 15 heavy (non-hydrogen) atoms. The maximum absolute atomic E-state index is 5.66. The van der Waals surface area contributed by atoms with E-state index in [9.17, 15) is 0 Å². The van der Waals surface area contributed by atoms with Crippen LogP contribution in [0.5, 0.6) is 0 Å². The Morgan fingerprint density at radius 3 is 2.73 bits per heavy atom. The Kier molecular flexibility index (Phi) is 6.98. The number of hydrogen-bond donors (Lipinski definition) is 2. The van der Waals surface area contributed by atoms with Crippen LogP contribution in [-0.4, -0.2) is 38.9 Å². The molecular formula is C12H26N2O. The summed E-state index contributed by atoms with van der Waals surface area (Å²) in [5, 5.41) is 6.86. The van der Waals surface area contributed by atoms with Gasteiger partial charge in [-0.3, -0.25) is 0 Å². The van der Waals surface area contributed by atoms with Crippen LogP contribution in [0.2, 0.25) is 0 Å². The second-order valence-corrected chi connectivity index (χ2v) is 4.56. The first-order chi connectivity index (χ1) is 7.33. The van der Waals surface area contributed by atoms with Crippen molar-refractivity contribution in [2.45, 2.75) is 39.2 Å². The highest BCUT2D eigenvalue weighted by molar-refractivity contribution is 4.68. The van der Waals surface area contributed by atoms with Gasteiger partial charge in [-0.2, -0.15) is 0 Å². The molecule has 1 heterocycles. The molecule has 0 radical (unpaired) electrons. The highest BCUT2D eigenvalue weighted by Crippen LogP contribution is 2.11. The molecule has 0 saturated carbocycles. The highest BCUT2D eigenvalue weighted by atomic mass is 16.5. The number of ether oxygens (including phenoxy) is 1. The van der Waals surface area contributed by atoms with Crippen molar-refractivity contribution in [2.75, 3.05) is 32.8 Å². The maximum Gasteiger partial charge on any atom is 0.0699 e. The minimum absolute atomic E-state index is 0.463. The van der Waals surface area contributed by atoms with E-state index in [0.717, 1.165) is 32.8 Å². The van der Waals surface area contributed by atoms with E-state index in [0.29, 0.717) is 12.0 Å². The largest absolute Gasteiger partial charge is 0.377 e. The van der Waals surface area contributed by atoms with Crippen molar-refractivity contribution in [3.63, 3.8) is 0 Å². The molecule has 0 amide bonds. The molecule has 1 rings (SSSR count). The molecule has 1 saturated heterocycles. The van der Waals surface area contributed by atoms with Crippen molar-refractivity contribution in [3.05, 3.63) is 0 Å². The third kappa shape index (κ3) is 6.13. The van der Waals surface area contributed by atoms with E-state index in [1.165, 1.54) is 19.3 Å². The Labute approximate surface area is 94.0 Å². The van der Waals surface area contributed by atoms with E-state index >= 15 is 0 Å². The van der Waals surface area contributed by atoms with Crippen molar-refractivity contribution < 1.29 is 4.74 Å². The number of rotatable bonds is 7. The first-order valence-corrected chi connectivity index (χ1v) is 6.36. The van der Waals surface area contributed by atoms with Crippen LogP contribution >= 0.6 is 0 Å². The fourth-order valence-corrected chi connectivity index (χ4v) is 1.92. The normalized spacial score (nSPS) is 24.0. The lowest BCUT2D eigenvalue weighted by molar-refractivity contribution is 0.0166. The van der Waals surface area contributed by atoms with E-state index in [4.69, 9.17) is 4.74 Å². The molecule has 2 unspecified atom stereocenters. The van der Waals surface area contributed by atoms with E-state index in [-0.39, 0.29) is 0 Å². The van der Waals surface area contributed by atoms with Crippen molar-refractivity contribution in [3.8, 4) is 0 Å². The van der Waals surface area contributed by atoms with Gasteiger partial charge in [0.05, 0.1) is 6.10 Å². The van der Waals surface area contributed by atoms with Gasteiger partial charge in [0.1, 0.15) is 0 Å². The summed E-state index contributed by atoms with van der Waals surface area (Å²) < 4.78 is 5.66. The predicted molar refractivity (Wildman–Crippen MR) is 64.2 cm³/mol. The van der Waals surface area contributed by atoms with Crippen LogP contribution in [0.4, 0.5) is 0 Å². The Hall–Kier alpha value is -0.120. The second-order valence-electron chi connectivity index (χ2n) is 4.56. The summed E-state index contributed by atoms with van der Waals surface area (Å²) in [4.78, 5) is 0. The van der Waals surface area contributed by atoms with Crippen molar-refractivity contribution in [2.24, 2.45) is 5.92 Å². The Balaban J connectivity index is 1.94. The van der Waals surface area contributed by atoms with Gasteiger partial charge < -0.3 is 15.4 Å². The lowest BCUT2D eigenvalue weighted by atomic mass is 10.1. The quantitative estimate of drug-likeness (QED) is 0.672. The van der Waals surface area contributed by atoms with Gasteiger partial charge in [0.2, 0.25) is 0 Å². The average molecular weight is 214 g/mol. The minimum atomic E-state index is 0.463. The van der Waals surface area contributed by atoms with Crippen molar-refractivity contribution in [1.29, 1.82) is 0 Å². The highest BCUT2D eigenvalue weighted by Gasteiger charge is 2.13. The van der Waals surface area contributed by atoms with Crippen LogP contribution < -0.4 is 10.6 Å². The Morgan fingerprint density at radius 1 is 1.27 bits per heavy atom. The summed E-state index contributed by atoms with van der Waals surface area (Å²) in [6.07, 6.45) is 4.27. The third-order valence-electron chi connectivity index (χ3n) is 2.88. The molecule has 0 aromatic rings. The molecule has 3 heteroatoms. The zero-order valence-corrected chi connectivity index (χ0v) is 10.2. The van der Waals surface area contributed by atoms with E-state index in [1.807, 2.05) is 0 Å². The summed E-state index contributed by atoms with van der Waals surface area (Å²) in [6.45, 7) is 9.67. The summed E-state index contributed by atoms with van der Waals surface area (Å²) in [5.41, 5.74) is 0. The molecule has 3 nitrogen and oxygen atoms in total. The summed E-state index contributed by atoms with van der Waals surface area (Å²) in [5.74, 6) is 0.702. The SMILES string of the molecule is CCNCC(C)CNCC1CCCCO1. The van der Waals surface area contributed by atoms with Gasteiger partial charge in [0, 0.05) is 13.2 Å². The fraction of sp³-hybridized carbons (Fsp3) is 1.00. The lowest BCUT2D eigenvalue weighted by Gasteiger charge is -2.23. The lowest BCUT2D eigenvalue weighted by Crippen LogP contribution is -2.36. The standard InChI is InChI=1S/C12H26N2O/c1-3-13-8-11(2)9-14-10-12-6-4-5-7-15-12/h11-14H,3-10H2,1-2H3. The molecule has 2 N–H and O–H groups in total. The Bertz CT molecular complexity index is 147. The number of nitrogens with one attached hydrogen (secondary N) is 2.